The van der Waals surface area contributed by atoms with Gasteiger partial charge in [-0.25, -0.2) is 8.78 Å². The molecular formula is C29H30F2N4O4. The number of aryl methyl sites for hydroxylation is 2. The van der Waals surface area contributed by atoms with Crippen molar-refractivity contribution in [3.05, 3.63) is 71.3 Å². The Morgan fingerprint density at radius 1 is 1.15 bits per heavy atom. The fraction of sp³-hybridized carbons (Fsp3) is 0.276. The van der Waals surface area contributed by atoms with E-state index in [0.29, 0.717) is 41.6 Å². The Balaban J connectivity index is 1.80. The number of halogens is 2. The molecule has 1 aromatic heterocycles. The summed E-state index contributed by atoms with van der Waals surface area (Å²) >= 11 is 0. The van der Waals surface area contributed by atoms with Crippen molar-refractivity contribution in [1.29, 1.82) is 0 Å². The molecule has 3 aromatic rings. The molecule has 0 saturated heterocycles. The third-order valence-electron chi connectivity index (χ3n) is 6.77. The van der Waals surface area contributed by atoms with E-state index in [1.54, 1.807) is 36.4 Å². The van der Waals surface area contributed by atoms with Crippen LogP contribution in [0.5, 0.6) is 5.75 Å². The number of carbonyl (C=O) groups excluding carboxylic acids is 3. The van der Waals surface area contributed by atoms with Gasteiger partial charge in [0.2, 0.25) is 0 Å². The molecule has 0 atom stereocenters. The largest absolute Gasteiger partial charge is 0.496 e. The number of nitrogens with two attached hydrogens (primary N) is 1. The third-order valence-corrected chi connectivity index (χ3v) is 6.77. The van der Waals surface area contributed by atoms with Gasteiger partial charge in [0.05, 0.1) is 19.2 Å². The molecule has 204 valence electrons. The summed E-state index contributed by atoms with van der Waals surface area (Å²) in [7, 11) is 1.42. The van der Waals surface area contributed by atoms with Crippen molar-refractivity contribution in [2.24, 2.45) is 5.73 Å². The molecule has 1 aliphatic rings. The molecule has 1 saturated carbocycles. The van der Waals surface area contributed by atoms with Gasteiger partial charge in [-0.3, -0.25) is 14.4 Å². The second kappa shape index (κ2) is 10.7. The van der Waals surface area contributed by atoms with Crippen LogP contribution in [0.15, 0.2) is 48.8 Å². The molecule has 1 fully saturated rings. The lowest BCUT2D eigenvalue weighted by Gasteiger charge is -2.15. The second-order valence-corrected chi connectivity index (χ2v) is 9.58. The van der Waals surface area contributed by atoms with Crippen LogP contribution in [0.3, 0.4) is 0 Å². The zero-order valence-corrected chi connectivity index (χ0v) is 22.0. The first-order valence-corrected chi connectivity index (χ1v) is 12.4. The molecule has 39 heavy (non-hydrogen) atoms. The van der Waals surface area contributed by atoms with Crippen molar-refractivity contribution in [2.75, 3.05) is 19.0 Å². The van der Waals surface area contributed by atoms with Crippen LogP contribution < -0.4 is 21.1 Å². The first kappa shape index (κ1) is 27.6. The highest BCUT2D eigenvalue weighted by Crippen LogP contribution is 2.42. The fourth-order valence-corrected chi connectivity index (χ4v) is 4.49. The van der Waals surface area contributed by atoms with Crippen LogP contribution in [0.25, 0.3) is 22.3 Å². The molecule has 2 aromatic carbocycles. The van der Waals surface area contributed by atoms with E-state index in [2.05, 4.69) is 22.2 Å². The van der Waals surface area contributed by atoms with Gasteiger partial charge in [0.15, 0.2) is 5.83 Å². The Morgan fingerprint density at radius 3 is 2.44 bits per heavy atom. The summed E-state index contributed by atoms with van der Waals surface area (Å²) in [6, 6.07) is 9.93. The summed E-state index contributed by atoms with van der Waals surface area (Å²) in [5.41, 5.74) is 9.23. The minimum atomic E-state index is -1.34. The zero-order chi connectivity index (χ0) is 28.5. The number of rotatable bonds is 10. The van der Waals surface area contributed by atoms with Crippen LogP contribution in [0.4, 0.5) is 14.5 Å². The lowest BCUT2D eigenvalue weighted by molar-refractivity contribution is -0.114. The highest BCUT2D eigenvalue weighted by Gasteiger charge is 2.43. The number of carbonyl (C=O) groups is 3. The Labute approximate surface area is 224 Å². The van der Waals surface area contributed by atoms with Crippen molar-refractivity contribution >= 4 is 23.4 Å². The normalized spacial score (nSPS) is 13.5. The van der Waals surface area contributed by atoms with Crippen LogP contribution in [0, 0.1) is 6.92 Å². The summed E-state index contributed by atoms with van der Waals surface area (Å²) in [6.45, 7) is 6.68. The monoisotopic (exact) mass is 536 g/mol. The molecule has 0 aliphatic heterocycles. The van der Waals surface area contributed by atoms with E-state index in [-0.39, 0.29) is 23.6 Å². The van der Waals surface area contributed by atoms with Crippen molar-refractivity contribution in [3.63, 3.8) is 0 Å². The SMILES string of the molecule is C=C(F)C(=O)Nc1ccc(-c2c(CC)[nH]c(C(N)=O)c2-c2ccc(C(=O)NCC3(F)CC3)c(OC)c2)c(C)c1. The number of amides is 3. The Kier molecular flexibility index (Phi) is 7.58. The molecule has 0 radical (unpaired) electrons. The third kappa shape index (κ3) is 5.69. The number of aromatic nitrogens is 1. The van der Waals surface area contributed by atoms with Crippen molar-refractivity contribution in [2.45, 2.75) is 38.8 Å². The Bertz CT molecular complexity index is 1490. The van der Waals surface area contributed by atoms with Crippen LogP contribution >= 0.6 is 0 Å². The van der Waals surface area contributed by atoms with Crippen molar-refractivity contribution in [1.82, 2.24) is 10.3 Å². The number of methoxy groups -OCH3 is 1. The van der Waals surface area contributed by atoms with Crippen LogP contribution in [0.2, 0.25) is 0 Å². The predicted octanol–water partition coefficient (Wildman–Crippen LogP) is 4.98. The van der Waals surface area contributed by atoms with E-state index >= 15 is 0 Å². The van der Waals surface area contributed by atoms with Gasteiger partial charge in [-0.05, 0) is 67.1 Å². The van der Waals surface area contributed by atoms with Gasteiger partial charge in [-0.2, -0.15) is 0 Å². The first-order chi connectivity index (χ1) is 18.5. The average Bonchev–Trinajstić information content (AvgIpc) is 3.51. The van der Waals surface area contributed by atoms with Gasteiger partial charge in [0, 0.05) is 22.5 Å². The average molecular weight is 537 g/mol. The number of aromatic amines is 1. The minimum Gasteiger partial charge on any atom is -0.496 e. The molecule has 3 amide bonds. The summed E-state index contributed by atoms with van der Waals surface area (Å²) in [4.78, 5) is 40.1. The molecule has 1 heterocycles. The Hall–Kier alpha value is -4.47. The van der Waals surface area contributed by atoms with Gasteiger partial charge in [0.1, 0.15) is 17.1 Å². The zero-order valence-electron chi connectivity index (χ0n) is 22.0. The predicted molar refractivity (Wildman–Crippen MR) is 145 cm³/mol. The highest BCUT2D eigenvalue weighted by molar-refractivity contribution is 6.06. The number of H-pyrrole nitrogens is 1. The highest BCUT2D eigenvalue weighted by atomic mass is 19.1. The topological polar surface area (TPSA) is 126 Å². The summed E-state index contributed by atoms with van der Waals surface area (Å²) in [6.07, 6.45) is 1.39. The summed E-state index contributed by atoms with van der Waals surface area (Å²) < 4.78 is 32.7. The molecule has 10 heteroatoms. The second-order valence-electron chi connectivity index (χ2n) is 9.58. The molecular weight excluding hydrogens is 506 g/mol. The lowest BCUT2D eigenvalue weighted by atomic mass is 9.90. The van der Waals surface area contributed by atoms with Gasteiger partial charge >= 0.3 is 0 Å². The van der Waals surface area contributed by atoms with Gasteiger partial charge < -0.3 is 26.1 Å². The minimum absolute atomic E-state index is 0.0699. The van der Waals surface area contributed by atoms with E-state index in [1.807, 2.05) is 13.8 Å². The van der Waals surface area contributed by atoms with E-state index < -0.39 is 29.2 Å². The molecule has 8 nitrogen and oxygen atoms in total. The first-order valence-electron chi connectivity index (χ1n) is 12.4. The van der Waals surface area contributed by atoms with E-state index in [1.165, 1.54) is 7.11 Å². The lowest BCUT2D eigenvalue weighted by Crippen LogP contribution is -2.31. The molecule has 0 unspecified atom stereocenters. The van der Waals surface area contributed by atoms with Crippen molar-refractivity contribution < 1.29 is 27.9 Å². The van der Waals surface area contributed by atoms with E-state index in [9.17, 15) is 23.2 Å². The number of ether oxygens (including phenoxy) is 1. The van der Waals surface area contributed by atoms with Gasteiger partial charge in [0.25, 0.3) is 17.7 Å². The molecule has 5 N–H and O–H groups in total. The number of primary amides is 1. The maximum Gasteiger partial charge on any atom is 0.283 e. The van der Waals surface area contributed by atoms with E-state index in [0.717, 1.165) is 16.8 Å². The summed E-state index contributed by atoms with van der Waals surface area (Å²) in [5.74, 6) is -2.94. The smallest absolute Gasteiger partial charge is 0.283 e. The number of alkyl halides is 1. The van der Waals surface area contributed by atoms with Gasteiger partial charge in [-0.15, -0.1) is 0 Å². The Morgan fingerprint density at radius 2 is 1.87 bits per heavy atom. The maximum atomic E-state index is 14.0. The van der Waals surface area contributed by atoms with Crippen LogP contribution in [-0.4, -0.2) is 42.0 Å². The molecule has 0 bridgehead atoms. The van der Waals surface area contributed by atoms with Crippen molar-refractivity contribution in [3.8, 4) is 28.0 Å². The number of nitrogens with one attached hydrogen (secondary N) is 3. The van der Waals surface area contributed by atoms with E-state index in [4.69, 9.17) is 10.5 Å². The summed E-state index contributed by atoms with van der Waals surface area (Å²) in [5, 5.41) is 5.06. The number of hydrogen-bond donors (Lipinski definition) is 4. The number of hydrogen-bond acceptors (Lipinski definition) is 4. The number of anilines is 1. The molecule has 1 aliphatic carbocycles. The fourth-order valence-electron chi connectivity index (χ4n) is 4.49. The maximum absolute atomic E-state index is 14.0. The standard InChI is InChI=1S/C29H30F2N4O4/c1-5-21-24(19-9-7-18(12-15(19)2)34-27(37)16(3)30)23(25(35-21)26(32)36)17-6-8-20(22(13-17)39-4)28(38)33-14-29(31)10-11-29/h6-9,12-13,35H,3,5,10-11,14H2,1-2,4H3,(H2,32,36)(H,33,38)(H,34,37). The quantitative estimate of drug-likeness (QED) is 0.273. The van der Waals surface area contributed by atoms with Crippen LogP contribution in [-0.2, 0) is 11.2 Å². The molecule has 4 rings (SSSR count). The number of benzene rings is 2. The van der Waals surface area contributed by atoms with Gasteiger partial charge in [-0.1, -0.05) is 25.6 Å². The molecule has 0 spiro atoms. The van der Waals surface area contributed by atoms with Crippen LogP contribution in [0.1, 0.15) is 51.9 Å².